The predicted octanol–water partition coefficient (Wildman–Crippen LogP) is 3.23. The first-order valence-corrected chi connectivity index (χ1v) is 10.4. The van der Waals surface area contributed by atoms with Gasteiger partial charge >= 0.3 is 5.97 Å². The molecule has 0 spiro atoms. The number of amides is 1. The van der Waals surface area contributed by atoms with Crippen molar-refractivity contribution in [1.29, 1.82) is 0 Å². The average Bonchev–Trinajstić information content (AvgIpc) is 3.41. The third kappa shape index (κ3) is 5.90. The second kappa shape index (κ2) is 9.14. The number of aromatic nitrogens is 2. The molecule has 8 nitrogen and oxygen atoms in total. The standard InChI is InChI=1S/C17H19N3O5S2/c1-2-3-4-14(22)25-13-8-24-11(7-12(13)21)9-26-17-20-19-16(27-17)18-15(23)10-5-6-10/h7-8,10H,2-6,9H2,1H3,(H,18,19,23). The minimum absolute atomic E-state index is 0.0160. The van der Waals surface area contributed by atoms with Crippen molar-refractivity contribution in [2.45, 2.75) is 49.1 Å². The molecule has 1 aliphatic rings. The van der Waals surface area contributed by atoms with Gasteiger partial charge in [0.05, 0.1) is 5.75 Å². The number of rotatable bonds is 9. The number of esters is 1. The van der Waals surface area contributed by atoms with Gasteiger partial charge in [0.2, 0.25) is 22.2 Å². The van der Waals surface area contributed by atoms with Crippen molar-refractivity contribution in [3.8, 4) is 5.75 Å². The molecule has 1 amide bonds. The van der Waals surface area contributed by atoms with E-state index in [1.165, 1.54) is 29.2 Å². The van der Waals surface area contributed by atoms with Crippen LogP contribution in [0.25, 0.3) is 0 Å². The third-order valence-corrected chi connectivity index (χ3v) is 5.73. The fraction of sp³-hybridized carbons (Fsp3) is 0.471. The van der Waals surface area contributed by atoms with E-state index in [1.807, 2.05) is 6.92 Å². The molecule has 1 aliphatic carbocycles. The van der Waals surface area contributed by atoms with Gasteiger partial charge in [-0.15, -0.1) is 10.2 Å². The van der Waals surface area contributed by atoms with Crippen LogP contribution in [-0.4, -0.2) is 22.1 Å². The molecule has 0 saturated heterocycles. The van der Waals surface area contributed by atoms with E-state index in [9.17, 15) is 14.4 Å². The molecule has 1 N–H and O–H groups in total. The van der Waals surface area contributed by atoms with Gasteiger partial charge in [-0.25, -0.2) is 0 Å². The number of carbonyl (C=O) groups excluding carboxylic acids is 2. The lowest BCUT2D eigenvalue weighted by Crippen LogP contribution is -2.14. The van der Waals surface area contributed by atoms with Crippen LogP contribution in [0.4, 0.5) is 5.13 Å². The first kappa shape index (κ1) is 19.6. The minimum Gasteiger partial charge on any atom is -0.464 e. The highest BCUT2D eigenvalue weighted by Gasteiger charge is 2.30. The maximum absolute atomic E-state index is 12.0. The van der Waals surface area contributed by atoms with Crippen LogP contribution in [0.1, 0.15) is 44.8 Å². The molecule has 0 aromatic carbocycles. The molecule has 144 valence electrons. The zero-order valence-corrected chi connectivity index (χ0v) is 16.4. The topological polar surface area (TPSA) is 111 Å². The van der Waals surface area contributed by atoms with Gasteiger partial charge in [-0.3, -0.25) is 14.4 Å². The Kier molecular flexibility index (Phi) is 6.62. The predicted molar refractivity (Wildman–Crippen MR) is 101 cm³/mol. The number of nitrogens with zero attached hydrogens (tertiary/aromatic N) is 2. The molecule has 3 rings (SSSR count). The lowest BCUT2D eigenvalue weighted by atomic mass is 10.2. The lowest BCUT2D eigenvalue weighted by molar-refractivity contribution is -0.134. The summed E-state index contributed by atoms with van der Waals surface area (Å²) >= 11 is 2.61. The van der Waals surface area contributed by atoms with E-state index < -0.39 is 11.4 Å². The Labute approximate surface area is 163 Å². The van der Waals surface area contributed by atoms with E-state index in [4.69, 9.17) is 9.15 Å². The van der Waals surface area contributed by atoms with Crippen molar-refractivity contribution in [1.82, 2.24) is 10.2 Å². The summed E-state index contributed by atoms with van der Waals surface area (Å²) < 4.78 is 11.0. The van der Waals surface area contributed by atoms with Gasteiger partial charge in [0.1, 0.15) is 12.0 Å². The Morgan fingerprint density at radius 3 is 2.93 bits per heavy atom. The van der Waals surface area contributed by atoms with Gasteiger partial charge in [0.15, 0.2) is 4.34 Å². The summed E-state index contributed by atoms with van der Waals surface area (Å²) in [6, 6.07) is 1.30. The maximum Gasteiger partial charge on any atom is 0.311 e. The Morgan fingerprint density at radius 1 is 1.41 bits per heavy atom. The summed E-state index contributed by atoms with van der Waals surface area (Å²) in [5.41, 5.74) is -0.406. The highest BCUT2D eigenvalue weighted by molar-refractivity contribution is 8.00. The summed E-state index contributed by atoms with van der Waals surface area (Å²) in [5.74, 6) is 0.334. The molecule has 2 heterocycles. The molecular weight excluding hydrogens is 390 g/mol. The zero-order chi connectivity index (χ0) is 19.2. The van der Waals surface area contributed by atoms with Crippen molar-refractivity contribution in [2.75, 3.05) is 5.32 Å². The molecule has 0 unspecified atom stereocenters. The summed E-state index contributed by atoms with van der Waals surface area (Å²) in [5, 5.41) is 11.1. The zero-order valence-electron chi connectivity index (χ0n) is 14.7. The molecular formula is C17H19N3O5S2. The van der Waals surface area contributed by atoms with Crippen LogP contribution < -0.4 is 15.5 Å². The van der Waals surface area contributed by atoms with Gasteiger partial charge in [-0.05, 0) is 19.3 Å². The van der Waals surface area contributed by atoms with Crippen molar-refractivity contribution < 1.29 is 18.7 Å². The van der Waals surface area contributed by atoms with E-state index in [2.05, 4.69) is 15.5 Å². The second-order valence-electron chi connectivity index (χ2n) is 6.08. The van der Waals surface area contributed by atoms with Crippen LogP contribution in [-0.2, 0) is 15.3 Å². The Hall–Kier alpha value is -2.20. The van der Waals surface area contributed by atoms with Gasteiger partial charge in [-0.2, -0.15) is 0 Å². The number of unbranched alkanes of at least 4 members (excludes halogenated alkanes) is 1. The molecule has 2 aromatic heterocycles. The number of hydrogen-bond donors (Lipinski definition) is 1. The van der Waals surface area contributed by atoms with Crippen molar-refractivity contribution in [3.05, 3.63) is 28.3 Å². The Balaban J connectivity index is 1.51. The highest BCUT2D eigenvalue weighted by Crippen LogP contribution is 2.32. The lowest BCUT2D eigenvalue weighted by Gasteiger charge is -2.03. The van der Waals surface area contributed by atoms with Crippen LogP contribution >= 0.6 is 23.1 Å². The van der Waals surface area contributed by atoms with Gasteiger partial charge in [-0.1, -0.05) is 36.4 Å². The number of anilines is 1. The Morgan fingerprint density at radius 2 is 2.22 bits per heavy atom. The molecule has 0 bridgehead atoms. The van der Waals surface area contributed by atoms with Gasteiger partial charge < -0.3 is 14.5 Å². The third-order valence-electron chi connectivity index (χ3n) is 3.73. The first-order chi connectivity index (χ1) is 13.0. The van der Waals surface area contributed by atoms with Crippen molar-refractivity contribution in [2.24, 2.45) is 5.92 Å². The van der Waals surface area contributed by atoms with E-state index in [0.717, 1.165) is 25.5 Å². The van der Waals surface area contributed by atoms with Crippen LogP contribution in [0.5, 0.6) is 5.75 Å². The number of thioether (sulfide) groups is 1. The van der Waals surface area contributed by atoms with E-state index in [0.29, 0.717) is 27.4 Å². The van der Waals surface area contributed by atoms with Crippen LogP contribution in [0.2, 0.25) is 0 Å². The maximum atomic E-state index is 12.0. The summed E-state index contributed by atoms with van der Waals surface area (Å²) in [4.78, 5) is 35.3. The van der Waals surface area contributed by atoms with Crippen LogP contribution in [0, 0.1) is 5.92 Å². The largest absolute Gasteiger partial charge is 0.464 e. The van der Waals surface area contributed by atoms with E-state index in [1.54, 1.807) is 0 Å². The molecule has 10 heteroatoms. The Bertz CT molecular complexity index is 875. The van der Waals surface area contributed by atoms with Gasteiger partial charge in [0.25, 0.3) is 0 Å². The smallest absolute Gasteiger partial charge is 0.311 e. The fourth-order valence-corrected chi connectivity index (χ4v) is 3.73. The normalized spacial score (nSPS) is 13.4. The van der Waals surface area contributed by atoms with Gasteiger partial charge in [0, 0.05) is 18.4 Å². The van der Waals surface area contributed by atoms with Crippen LogP contribution in [0.3, 0.4) is 0 Å². The second-order valence-corrected chi connectivity index (χ2v) is 8.28. The molecule has 0 aliphatic heterocycles. The first-order valence-electron chi connectivity index (χ1n) is 8.64. The summed E-state index contributed by atoms with van der Waals surface area (Å²) in [6.07, 6.45) is 4.86. The highest BCUT2D eigenvalue weighted by atomic mass is 32.2. The van der Waals surface area contributed by atoms with Crippen LogP contribution in [0.15, 0.2) is 25.9 Å². The summed E-state index contributed by atoms with van der Waals surface area (Å²) in [6.45, 7) is 1.97. The van der Waals surface area contributed by atoms with E-state index in [-0.39, 0.29) is 24.0 Å². The molecule has 27 heavy (non-hydrogen) atoms. The average molecular weight is 409 g/mol. The fourth-order valence-electron chi connectivity index (χ4n) is 2.09. The monoisotopic (exact) mass is 409 g/mol. The number of ether oxygens (including phenoxy) is 1. The van der Waals surface area contributed by atoms with Crippen molar-refractivity contribution >= 4 is 40.1 Å². The number of carbonyl (C=O) groups is 2. The minimum atomic E-state index is -0.444. The molecule has 2 aromatic rings. The molecule has 1 saturated carbocycles. The molecule has 0 radical (unpaired) electrons. The summed E-state index contributed by atoms with van der Waals surface area (Å²) in [7, 11) is 0. The van der Waals surface area contributed by atoms with Crippen molar-refractivity contribution in [3.63, 3.8) is 0 Å². The molecule has 1 fully saturated rings. The molecule has 0 atom stereocenters. The quantitative estimate of drug-likeness (QED) is 0.382. The SMILES string of the molecule is CCCCC(=O)Oc1coc(CSc2nnc(NC(=O)C3CC3)s2)cc1=O. The number of nitrogens with one attached hydrogen (secondary N) is 1. The number of hydrogen-bond acceptors (Lipinski definition) is 9. The van der Waals surface area contributed by atoms with E-state index >= 15 is 0 Å².